The number of hydrazine groups is 1. The van der Waals surface area contributed by atoms with E-state index in [9.17, 15) is 0 Å². The van der Waals surface area contributed by atoms with Crippen molar-refractivity contribution >= 4 is 5.84 Å². The molecule has 3 rings (SSSR count). The van der Waals surface area contributed by atoms with Gasteiger partial charge in [0.15, 0.2) is 0 Å². The number of rotatable bonds is 2. The second-order valence-electron chi connectivity index (χ2n) is 6.23. The standard InChI is InChI=1S/C14H25N3/c15-17-14(12-8-10-7-11(10)9-12)16-13-5-3-1-2-4-6-13/h10-13H,1-9,15H2,(H,16,17). The van der Waals surface area contributed by atoms with Gasteiger partial charge >= 0.3 is 0 Å². The normalized spacial score (nSPS) is 38.6. The lowest BCUT2D eigenvalue weighted by molar-refractivity contribution is 0.555. The third-order valence-corrected chi connectivity index (χ3v) is 4.92. The molecule has 0 aromatic carbocycles. The molecule has 0 bridgehead atoms. The Morgan fingerprint density at radius 1 is 0.941 bits per heavy atom. The fourth-order valence-electron chi connectivity index (χ4n) is 3.78. The summed E-state index contributed by atoms with van der Waals surface area (Å²) in [4.78, 5) is 4.93. The fraction of sp³-hybridized carbons (Fsp3) is 0.929. The molecule has 96 valence electrons. The summed E-state index contributed by atoms with van der Waals surface area (Å²) in [7, 11) is 0. The van der Waals surface area contributed by atoms with Crippen molar-refractivity contribution in [1.82, 2.24) is 5.43 Å². The van der Waals surface area contributed by atoms with Crippen LogP contribution in [0, 0.1) is 17.8 Å². The minimum absolute atomic E-state index is 0.542. The molecule has 17 heavy (non-hydrogen) atoms. The summed E-state index contributed by atoms with van der Waals surface area (Å²) < 4.78 is 0. The van der Waals surface area contributed by atoms with E-state index in [1.54, 1.807) is 0 Å². The first kappa shape index (κ1) is 11.5. The van der Waals surface area contributed by atoms with Crippen LogP contribution >= 0.6 is 0 Å². The van der Waals surface area contributed by atoms with Crippen LogP contribution < -0.4 is 11.3 Å². The lowest BCUT2D eigenvalue weighted by Crippen LogP contribution is -2.37. The number of nitrogens with zero attached hydrogens (tertiary/aromatic N) is 1. The van der Waals surface area contributed by atoms with Gasteiger partial charge in [0, 0.05) is 5.92 Å². The molecule has 2 atom stereocenters. The lowest BCUT2D eigenvalue weighted by atomic mass is 10.0. The maximum Gasteiger partial charge on any atom is 0.114 e. The maximum atomic E-state index is 5.69. The minimum atomic E-state index is 0.542. The largest absolute Gasteiger partial charge is 0.312 e. The van der Waals surface area contributed by atoms with Crippen LogP contribution in [0.25, 0.3) is 0 Å². The first-order valence-electron chi connectivity index (χ1n) is 7.41. The van der Waals surface area contributed by atoms with Crippen molar-refractivity contribution in [2.45, 2.75) is 63.8 Å². The van der Waals surface area contributed by atoms with Gasteiger partial charge in [-0.2, -0.15) is 0 Å². The van der Waals surface area contributed by atoms with Gasteiger partial charge in [-0.15, -0.1) is 0 Å². The fourth-order valence-corrected chi connectivity index (χ4v) is 3.78. The zero-order valence-electron chi connectivity index (χ0n) is 10.7. The molecule has 0 heterocycles. The number of fused-ring (bicyclic) bond motifs is 1. The molecule has 2 unspecified atom stereocenters. The molecule has 3 aliphatic carbocycles. The Labute approximate surface area is 104 Å². The predicted octanol–water partition coefficient (Wildman–Crippen LogP) is 2.62. The van der Waals surface area contributed by atoms with Crippen molar-refractivity contribution < 1.29 is 0 Å². The number of hydrogen-bond donors (Lipinski definition) is 2. The molecule has 0 radical (unpaired) electrons. The quantitative estimate of drug-likeness (QED) is 0.254. The summed E-state index contributed by atoms with van der Waals surface area (Å²) in [5, 5.41) is 0. The number of nitrogens with two attached hydrogens (primary N) is 1. The molecule has 3 aliphatic rings. The van der Waals surface area contributed by atoms with Gasteiger partial charge in [0.2, 0.25) is 0 Å². The maximum absolute atomic E-state index is 5.69. The van der Waals surface area contributed by atoms with Crippen molar-refractivity contribution in [1.29, 1.82) is 0 Å². The second-order valence-corrected chi connectivity index (χ2v) is 6.23. The molecular formula is C14H25N3. The minimum Gasteiger partial charge on any atom is -0.312 e. The number of nitrogens with one attached hydrogen (secondary N) is 1. The van der Waals surface area contributed by atoms with Gasteiger partial charge in [0.25, 0.3) is 0 Å². The monoisotopic (exact) mass is 235 g/mol. The Bertz CT molecular complexity index is 282. The zero-order valence-corrected chi connectivity index (χ0v) is 10.7. The van der Waals surface area contributed by atoms with E-state index < -0.39 is 0 Å². The van der Waals surface area contributed by atoms with E-state index >= 15 is 0 Å². The molecule has 0 aromatic rings. The van der Waals surface area contributed by atoms with Crippen molar-refractivity contribution in [3.8, 4) is 0 Å². The average Bonchev–Trinajstić information content (AvgIpc) is 3.04. The molecule has 0 aliphatic heterocycles. The summed E-state index contributed by atoms with van der Waals surface area (Å²) in [5.41, 5.74) is 2.90. The smallest absolute Gasteiger partial charge is 0.114 e. The van der Waals surface area contributed by atoms with Gasteiger partial charge < -0.3 is 5.43 Å². The van der Waals surface area contributed by atoms with Gasteiger partial charge in [0.1, 0.15) is 5.84 Å². The van der Waals surface area contributed by atoms with Crippen LogP contribution in [-0.2, 0) is 0 Å². The lowest BCUT2D eigenvalue weighted by Gasteiger charge is -2.18. The zero-order chi connectivity index (χ0) is 11.7. The SMILES string of the molecule is NNC(=NC1CCCCCC1)C1CC2CC2C1. The molecule has 3 saturated carbocycles. The van der Waals surface area contributed by atoms with Crippen LogP contribution in [0.2, 0.25) is 0 Å². The molecule has 0 saturated heterocycles. The Morgan fingerprint density at radius 2 is 1.59 bits per heavy atom. The van der Waals surface area contributed by atoms with E-state index in [1.807, 2.05) is 0 Å². The first-order valence-corrected chi connectivity index (χ1v) is 7.41. The summed E-state index contributed by atoms with van der Waals surface area (Å²) >= 11 is 0. The van der Waals surface area contributed by atoms with Gasteiger partial charge in [-0.1, -0.05) is 25.7 Å². The Hall–Kier alpha value is -0.570. The van der Waals surface area contributed by atoms with Crippen molar-refractivity contribution in [3.63, 3.8) is 0 Å². The molecule has 3 heteroatoms. The number of aliphatic imine (C=N–C) groups is 1. The van der Waals surface area contributed by atoms with E-state index in [2.05, 4.69) is 5.43 Å². The van der Waals surface area contributed by atoms with Crippen molar-refractivity contribution in [3.05, 3.63) is 0 Å². The highest BCUT2D eigenvalue weighted by atomic mass is 15.3. The molecule has 3 N–H and O–H groups in total. The van der Waals surface area contributed by atoms with Crippen molar-refractivity contribution in [2.75, 3.05) is 0 Å². The van der Waals surface area contributed by atoms with E-state index in [4.69, 9.17) is 10.8 Å². The van der Waals surface area contributed by atoms with E-state index in [0.717, 1.165) is 17.7 Å². The van der Waals surface area contributed by atoms with Crippen LogP contribution in [-0.4, -0.2) is 11.9 Å². The van der Waals surface area contributed by atoms with Crippen LogP contribution in [0.4, 0.5) is 0 Å². The molecule has 0 amide bonds. The van der Waals surface area contributed by atoms with Crippen LogP contribution in [0.1, 0.15) is 57.8 Å². The van der Waals surface area contributed by atoms with Crippen LogP contribution in [0.5, 0.6) is 0 Å². The predicted molar refractivity (Wildman–Crippen MR) is 70.6 cm³/mol. The summed E-state index contributed by atoms with van der Waals surface area (Å²) in [6.07, 6.45) is 12.2. The third kappa shape index (κ3) is 2.65. The Balaban J connectivity index is 1.61. The Kier molecular flexibility index (Phi) is 3.37. The third-order valence-electron chi connectivity index (χ3n) is 4.92. The van der Waals surface area contributed by atoms with Gasteiger partial charge in [-0.05, 0) is 43.9 Å². The topological polar surface area (TPSA) is 50.4 Å². The highest BCUT2D eigenvalue weighted by Crippen LogP contribution is 2.54. The molecule has 0 aromatic heterocycles. The Morgan fingerprint density at radius 3 is 2.18 bits per heavy atom. The van der Waals surface area contributed by atoms with E-state index in [-0.39, 0.29) is 0 Å². The highest BCUT2D eigenvalue weighted by Gasteiger charge is 2.47. The number of hydrogen-bond acceptors (Lipinski definition) is 2. The molecule has 3 fully saturated rings. The van der Waals surface area contributed by atoms with Crippen LogP contribution in [0.15, 0.2) is 4.99 Å². The molecular weight excluding hydrogens is 210 g/mol. The van der Waals surface area contributed by atoms with Gasteiger partial charge in [0.05, 0.1) is 6.04 Å². The number of amidine groups is 1. The summed E-state index contributed by atoms with van der Waals surface area (Å²) in [5.74, 6) is 9.46. The second kappa shape index (κ2) is 4.97. The van der Waals surface area contributed by atoms with Crippen LogP contribution in [0.3, 0.4) is 0 Å². The average molecular weight is 235 g/mol. The van der Waals surface area contributed by atoms with E-state index in [0.29, 0.717) is 12.0 Å². The molecule has 3 nitrogen and oxygen atoms in total. The highest BCUT2D eigenvalue weighted by molar-refractivity contribution is 5.84. The van der Waals surface area contributed by atoms with Crippen molar-refractivity contribution in [2.24, 2.45) is 28.6 Å². The molecule has 0 spiro atoms. The van der Waals surface area contributed by atoms with Gasteiger partial charge in [-0.3, -0.25) is 4.99 Å². The first-order chi connectivity index (χ1) is 8.36. The summed E-state index contributed by atoms with van der Waals surface area (Å²) in [6, 6.07) is 0.542. The summed E-state index contributed by atoms with van der Waals surface area (Å²) in [6.45, 7) is 0. The van der Waals surface area contributed by atoms with E-state index in [1.165, 1.54) is 57.8 Å². The van der Waals surface area contributed by atoms with Gasteiger partial charge in [-0.25, -0.2) is 5.84 Å².